The summed E-state index contributed by atoms with van der Waals surface area (Å²) in [4.78, 5) is 38.3. The quantitative estimate of drug-likeness (QED) is 0.423. The topological polar surface area (TPSA) is 83.4 Å². The third kappa shape index (κ3) is 4.54. The van der Waals surface area contributed by atoms with Crippen molar-refractivity contribution >= 4 is 52.8 Å². The van der Waals surface area contributed by atoms with E-state index in [0.29, 0.717) is 21.4 Å². The van der Waals surface area contributed by atoms with Crippen LogP contribution in [-0.2, 0) is 9.59 Å². The molecule has 1 aliphatic heterocycles. The highest BCUT2D eigenvalue weighted by molar-refractivity contribution is 6.31. The maximum atomic E-state index is 12.8. The van der Waals surface area contributed by atoms with Crippen molar-refractivity contribution in [3.8, 4) is 5.69 Å². The zero-order chi connectivity index (χ0) is 22.8. The van der Waals surface area contributed by atoms with E-state index >= 15 is 0 Å². The van der Waals surface area contributed by atoms with Crippen molar-refractivity contribution in [3.63, 3.8) is 0 Å². The van der Waals surface area contributed by atoms with E-state index in [9.17, 15) is 14.4 Å². The van der Waals surface area contributed by atoms with Crippen molar-refractivity contribution in [2.45, 2.75) is 6.92 Å². The summed E-state index contributed by atoms with van der Waals surface area (Å²) in [6, 6.07) is 15.1. The summed E-state index contributed by atoms with van der Waals surface area (Å²) in [6.45, 7) is 1.49. The largest absolute Gasteiger partial charge is 0.329 e. The second kappa shape index (κ2) is 8.90. The van der Waals surface area contributed by atoms with Gasteiger partial charge in [0.05, 0.1) is 0 Å². The van der Waals surface area contributed by atoms with Gasteiger partial charge in [0.1, 0.15) is 12.2 Å². The Morgan fingerprint density at radius 2 is 1.84 bits per heavy atom. The van der Waals surface area contributed by atoms with Crippen molar-refractivity contribution in [1.29, 1.82) is 0 Å². The number of anilines is 1. The smallest absolute Gasteiger partial charge is 0.325 e. The lowest BCUT2D eigenvalue weighted by Gasteiger charge is -2.12. The Morgan fingerprint density at radius 3 is 2.56 bits per heavy atom. The summed E-state index contributed by atoms with van der Waals surface area (Å²) in [6.07, 6.45) is 3.39. The predicted octanol–water partition coefficient (Wildman–Crippen LogP) is 4.62. The molecule has 1 aromatic heterocycles. The molecule has 162 valence electrons. The number of hydrogen-bond acceptors (Lipinski definition) is 3. The number of carbonyl (C=O) groups excluding carboxylic acids is 3. The molecular formula is C23H18Cl2N4O3. The van der Waals surface area contributed by atoms with Gasteiger partial charge in [0.25, 0.3) is 5.91 Å². The molecule has 7 nitrogen and oxygen atoms in total. The minimum Gasteiger partial charge on any atom is -0.325 e. The number of amides is 4. The third-order valence-corrected chi connectivity index (χ3v) is 5.56. The van der Waals surface area contributed by atoms with Gasteiger partial charge >= 0.3 is 6.03 Å². The van der Waals surface area contributed by atoms with Gasteiger partial charge in [0.15, 0.2) is 0 Å². The van der Waals surface area contributed by atoms with Gasteiger partial charge in [-0.3, -0.25) is 9.59 Å². The summed E-state index contributed by atoms with van der Waals surface area (Å²) in [7, 11) is 0. The third-order valence-electron chi connectivity index (χ3n) is 4.90. The van der Waals surface area contributed by atoms with Crippen LogP contribution < -0.4 is 10.6 Å². The number of imide groups is 1. The van der Waals surface area contributed by atoms with Gasteiger partial charge < -0.3 is 15.2 Å². The number of aryl methyl sites for hydroxylation is 1. The van der Waals surface area contributed by atoms with E-state index in [1.807, 2.05) is 42.0 Å². The summed E-state index contributed by atoms with van der Waals surface area (Å²) in [5.41, 5.74) is 3.02. The second-order valence-electron chi connectivity index (χ2n) is 7.17. The summed E-state index contributed by atoms with van der Waals surface area (Å²) >= 11 is 12.1. The van der Waals surface area contributed by atoms with Crippen LogP contribution in [0.2, 0.25) is 10.0 Å². The molecule has 1 fully saturated rings. The molecule has 4 rings (SSSR count). The molecule has 0 saturated carbocycles. The first kappa shape index (κ1) is 21.7. The Labute approximate surface area is 194 Å². The summed E-state index contributed by atoms with van der Waals surface area (Å²) < 4.78 is 1.84. The molecule has 2 aromatic carbocycles. The van der Waals surface area contributed by atoms with Crippen LogP contribution in [0.5, 0.6) is 0 Å². The van der Waals surface area contributed by atoms with Crippen molar-refractivity contribution in [3.05, 3.63) is 87.8 Å². The van der Waals surface area contributed by atoms with E-state index in [0.717, 1.165) is 16.2 Å². The fraction of sp³-hybridized carbons (Fsp3) is 0.0870. The van der Waals surface area contributed by atoms with E-state index in [2.05, 4.69) is 10.6 Å². The molecule has 0 spiro atoms. The van der Waals surface area contributed by atoms with Crippen LogP contribution >= 0.6 is 23.2 Å². The van der Waals surface area contributed by atoms with E-state index in [1.54, 1.807) is 36.4 Å². The molecule has 0 aliphatic carbocycles. The van der Waals surface area contributed by atoms with Gasteiger partial charge in [0.2, 0.25) is 5.91 Å². The number of benzene rings is 2. The predicted molar refractivity (Wildman–Crippen MR) is 124 cm³/mol. The lowest BCUT2D eigenvalue weighted by Crippen LogP contribution is -2.38. The Kier molecular flexibility index (Phi) is 6.03. The number of nitrogens with one attached hydrogen (secondary N) is 2. The molecule has 0 atom stereocenters. The molecule has 2 heterocycles. The number of carbonyl (C=O) groups is 3. The van der Waals surface area contributed by atoms with Gasteiger partial charge in [0, 0.05) is 33.3 Å². The van der Waals surface area contributed by atoms with Crippen LogP contribution in [0, 0.1) is 6.92 Å². The maximum absolute atomic E-state index is 12.8. The molecule has 9 heteroatoms. The van der Waals surface area contributed by atoms with Gasteiger partial charge in [-0.15, -0.1) is 0 Å². The molecule has 4 amide bonds. The highest BCUT2D eigenvalue weighted by atomic mass is 35.5. The molecule has 2 N–H and O–H groups in total. The molecule has 3 aromatic rings. The van der Waals surface area contributed by atoms with Crippen LogP contribution in [0.1, 0.15) is 11.3 Å². The normalized spacial score (nSPS) is 14.7. The van der Waals surface area contributed by atoms with Crippen LogP contribution in [0.4, 0.5) is 10.5 Å². The summed E-state index contributed by atoms with van der Waals surface area (Å²) in [5.74, 6) is -1.09. The minimum atomic E-state index is -0.663. The highest BCUT2D eigenvalue weighted by Gasteiger charge is 2.35. The fourth-order valence-corrected chi connectivity index (χ4v) is 3.52. The van der Waals surface area contributed by atoms with Gasteiger partial charge in [-0.2, -0.15) is 0 Å². The van der Waals surface area contributed by atoms with Crippen molar-refractivity contribution < 1.29 is 14.4 Å². The van der Waals surface area contributed by atoms with E-state index in [4.69, 9.17) is 23.2 Å². The van der Waals surface area contributed by atoms with Crippen LogP contribution in [0.3, 0.4) is 0 Å². The Bertz CT molecular complexity index is 1250. The average Bonchev–Trinajstić information content (AvgIpc) is 3.32. The average molecular weight is 469 g/mol. The monoisotopic (exact) mass is 468 g/mol. The standard InChI is InChI=1S/C23H18Cl2N4O3/c1-14-4-9-18(11-19(14)25)28-10-2-3-17(28)12-20-22(31)29(23(32)27-20)13-21(30)26-16-7-5-15(24)6-8-16/h2-12H,13H2,1H3,(H,26,30)(H,27,32)/b20-12+. The maximum Gasteiger partial charge on any atom is 0.329 e. The number of hydrogen-bond donors (Lipinski definition) is 2. The second-order valence-corrected chi connectivity index (χ2v) is 8.01. The molecule has 0 unspecified atom stereocenters. The fourth-order valence-electron chi connectivity index (χ4n) is 3.22. The first-order chi connectivity index (χ1) is 15.3. The molecule has 1 aliphatic rings. The number of halogens is 2. The summed E-state index contributed by atoms with van der Waals surface area (Å²) in [5, 5.41) is 6.32. The number of urea groups is 1. The SMILES string of the molecule is Cc1ccc(-n2cccc2/C=C2/NC(=O)N(CC(=O)Nc3ccc(Cl)cc3)C2=O)cc1Cl. The first-order valence-corrected chi connectivity index (χ1v) is 10.4. The van der Waals surface area contributed by atoms with Gasteiger partial charge in [-0.05, 0) is 67.1 Å². The zero-order valence-electron chi connectivity index (χ0n) is 16.9. The Hall–Kier alpha value is -3.55. The molecule has 0 radical (unpaired) electrons. The van der Waals surface area contributed by atoms with Crippen molar-refractivity contribution in [1.82, 2.24) is 14.8 Å². The lowest BCUT2D eigenvalue weighted by atomic mass is 10.2. The van der Waals surface area contributed by atoms with E-state index in [1.165, 1.54) is 0 Å². The Morgan fingerprint density at radius 1 is 1.09 bits per heavy atom. The lowest BCUT2D eigenvalue weighted by molar-refractivity contribution is -0.127. The number of nitrogens with zero attached hydrogens (tertiary/aromatic N) is 2. The van der Waals surface area contributed by atoms with Gasteiger partial charge in [-0.25, -0.2) is 9.69 Å². The van der Waals surface area contributed by atoms with Crippen LogP contribution in [0.15, 0.2) is 66.5 Å². The first-order valence-electron chi connectivity index (χ1n) is 9.65. The van der Waals surface area contributed by atoms with E-state index in [-0.39, 0.29) is 5.70 Å². The van der Waals surface area contributed by atoms with E-state index < -0.39 is 24.4 Å². The Balaban J connectivity index is 1.50. The van der Waals surface area contributed by atoms with Crippen molar-refractivity contribution in [2.24, 2.45) is 0 Å². The zero-order valence-corrected chi connectivity index (χ0v) is 18.4. The minimum absolute atomic E-state index is 0.0763. The number of rotatable bonds is 5. The molecule has 32 heavy (non-hydrogen) atoms. The van der Waals surface area contributed by atoms with Crippen LogP contribution in [-0.4, -0.2) is 33.9 Å². The molecular weight excluding hydrogens is 451 g/mol. The molecule has 1 saturated heterocycles. The highest BCUT2D eigenvalue weighted by Crippen LogP contribution is 2.23. The number of aromatic nitrogens is 1. The van der Waals surface area contributed by atoms with Gasteiger partial charge in [-0.1, -0.05) is 29.3 Å². The molecule has 0 bridgehead atoms. The van der Waals surface area contributed by atoms with Crippen LogP contribution in [0.25, 0.3) is 11.8 Å². The van der Waals surface area contributed by atoms with Crippen molar-refractivity contribution in [2.75, 3.05) is 11.9 Å².